The van der Waals surface area contributed by atoms with Crippen LogP contribution in [0.2, 0.25) is 5.02 Å². The van der Waals surface area contributed by atoms with Crippen LogP contribution in [0.1, 0.15) is 30.7 Å². The highest BCUT2D eigenvalue weighted by molar-refractivity contribution is 7.99. The number of rotatable bonds is 2. The first-order valence-corrected chi connectivity index (χ1v) is 7.97. The molecule has 0 aliphatic carbocycles. The van der Waals surface area contributed by atoms with E-state index in [-0.39, 0.29) is 5.02 Å². The molecule has 0 radical (unpaired) electrons. The number of fused-ring (bicyclic) bond motifs is 1. The van der Waals surface area contributed by atoms with Crippen molar-refractivity contribution in [2.45, 2.75) is 48.6 Å². The van der Waals surface area contributed by atoms with Gasteiger partial charge in [0, 0.05) is 19.2 Å². The van der Waals surface area contributed by atoms with Gasteiger partial charge in [-0.3, -0.25) is 0 Å². The number of alkyl halides is 3. The number of aromatic nitrogens is 4. The minimum atomic E-state index is -4.45. The van der Waals surface area contributed by atoms with Crippen LogP contribution >= 0.6 is 23.4 Å². The third kappa shape index (κ3) is 3.22. The summed E-state index contributed by atoms with van der Waals surface area (Å²) in [6, 6.07) is 0.886. The molecule has 0 spiro atoms. The predicted molar refractivity (Wildman–Crippen MR) is 75.9 cm³/mol. The molecule has 0 unspecified atom stereocenters. The maximum Gasteiger partial charge on any atom is 0.417 e. The summed E-state index contributed by atoms with van der Waals surface area (Å²) >= 11 is 7.07. The molecule has 0 amide bonds. The van der Waals surface area contributed by atoms with Crippen LogP contribution in [0.4, 0.5) is 13.2 Å². The molecular formula is C13H12ClF3N4S. The number of hydrogen-bond acceptors (Lipinski definition) is 4. The zero-order valence-corrected chi connectivity index (χ0v) is 13.0. The van der Waals surface area contributed by atoms with Gasteiger partial charge in [-0.2, -0.15) is 13.2 Å². The van der Waals surface area contributed by atoms with E-state index in [4.69, 9.17) is 11.6 Å². The lowest BCUT2D eigenvalue weighted by molar-refractivity contribution is -0.137. The Kier molecular flexibility index (Phi) is 4.31. The predicted octanol–water partition coefficient (Wildman–Crippen LogP) is 4.22. The maximum atomic E-state index is 12.6. The van der Waals surface area contributed by atoms with Gasteiger partial charge >= 0.3 is 6.18 Å². The molecule has 0 saturated carbocycles. The molecule has 22 heavy (non-hydrogen) atoms. The van der Waals surface area contributed by atoms with Gasteiger partial charge in [0.25, 0.3) is 0 Å². The molecule has 9 heteroatoms. The molecule has 1 aliphatic heterocycles. The van der Waals surface area contributed by atoms with Crippen LogP contribution in [-0.2, 0) is 19.1 Å². The summed E-state index contributed by atoms with van der Waals surface area (Å²) in [5.41, 5.74) is -0.859. The van der Waals surface area contributed by atoms with Crippen LogP contribution in [0.5, 0.6) is 0 Å². The summed E-state index contributed by atoms with van der Waals surface area (Å²) in [6.07, 6.45) is 0.434. The van der Waals surface area contributed by atoms with E-state index in [1.807, 2.05) is 4.57 Å². The molecule has 3 heterocycles. The highest BCUT2D eigenvalue weighted by Crippen LogP contribution is 2.36. The molecule has 3 rings (SSSR count). The molecule has 0 atom stereocenters. The minimum absolute atomic E-state index is 0.0363. The van der Waals surface area contributed by atoms with Crippen molar-refractivity contribution in [3.8, 4) is 0 Å². The molecule has 118 valence electrons. The number of halogens is 4. The number of aryl methyl sites for hydroxylation is 1. The Bertz CT molecular complexity index is 686. The molecular weight excluding hydrogens is 337 g/mol. The molecule has 2 aromatic heterocycles. The van der Waals surface area contributed by atoms with E-state index in [1.165, 1.54) is 0 Å². The van der Waals surface area contributed by atoms with Crippen LogP contribution in [0.3, 0.4) is 0 Å². The van der Waals surface area contributed by atoms with Crippen LogP contribution < -0.4 is 0 Å². The highest BCUT2D eigenvalue weighted by atomic mass is 35.5. The van der Waals surface area contributed by atoms with E-state index in [0.717, 1.165) is 62.1 Å². The van der Waals surface area contributed by atoms with Crippen molar-refractivity contribution in [3.63, 3.8) is 0 Å². The van der Waals surface area contributed by atoms with Gasteiger partial charge in [-0.05, 0) is 30.7 Å². The van der Waals surface area contributed by atoms with Gasteiger partial charge in [-0.1, -0.05) is 18.0 Å². The Morgan fingerprint density at radius 2 is 2.00 bits per heavy atom. The van der Waals surface area contributed by atoms with Crippen molar-refractivity contribution in [1.82, 2.24) is 19.7 Å². The SMILES string of the molecule is FC(F)(F)c1cnc(Sc2nnc3n2CCCCC3)c(Cl)c1. The fourth-order valence-electron chi connectivity index (χ4n) is 2.28. The first kappa shape index (κ1) is 15.6. The Balaban J connectivity index is 1.86. The van der Waals surface area contributed by atoms with Gasteiger partial charge in [0.15, 0.2) is 5.16 Å². The standard InChI is InChI=1S/C13H12ClF3N4S/c14-9-6-8(13(15,16)17)7-18-11(9)22-12-20-19-10-4-2-1-3-5-21(10)12/h6-7H,1-5H2. The number of pyridine rings is 1. The summed E-state index contributed by atoms with van der Waals surface area (Å²) in [6.45, 7) is 0.808. The minimum Gasteiger partial charge on any atom is -0.306 e. The van der Waals surface area contributed by atoms with Gasteiger partial charge in [-0.15, -0.1) is 10.2 Å². The summed E-state index contributed by atoms with van der Waals surface area (Å²) in [7, 11) is 0. The number of nitrogens with zero attached hydrogens (tertiary/aromatic N) is 4. The van der Waals surface area contributed by atoms with Crippen LogP contribution in [0.25, 0.3) is 0 Å². The van der Waals surface area contributed by atoms with Gasteiger partial charge in [-0.25, -0.2) is 4.98 Å². The monoisotopic (exact) mass is 348 g/mol. The lowest BCUT2D eigenvalue weighted by Gasteiger charge is -2.09. The smallest absolute Gasteiger partial charge is 0.306 e. The zero-order valence-electron chi connectivity index (χ0n) is 11.4. The van der Waals surface area contributed by atoms with Crippen molar-refractivity contribution in [2.24, 2.45) is 0 Å². The lowest BCUT2D eigenvalue weighted by Crippen LogP contribution is -2.06. The van der Waals surface area contributed by atoms with E-state index in [9.17, 15) is 13.2 Å². The van der Waals surface area contributed by atoms with E-state index >= 15 is 0 Å². The van der Waals surface area contributed by atoms with Gasteiger partial charge in [0.1, 0.15) is 10.9 Å². The van der Waals surface area contributed by atoms with Crippen molar-refractivity contribution in [2.75, 3.05) is 0 Å². The highest BCUT2D eigenvalue weighted by Gasteiger charge is 2.31. The molecule has 0 saturated heterocycles. The van der Waals surface area contributed by atoms with Crippen molar-refractivity contribution in [3.05, 3.63) is 28.7 Å². The van der Waals surface area contributed by atoms with E-state index in [1.54, 1.807) is 0 Å². The maximum absolute atomic E-state index is 12.6. The largest absolute Gasteiger partial charge is 0.417 e. The van der Waals surface area contributed by atoms with Crippen LogP contribution in [-0.4, -0.2) is 19.7 Å². The fourth-order valence-corrected chi connectivity index (χ4v) is 3.38. The van der Waals surface area contributed by atoms with E-state index in [0.29, 0.717) is 10.2 Å². The Morgan fingerprint density at radius 1 is 1.18 bits per heavy atom. The topological polar surface area (TPSA) is 43.6 Å². The van der Waals surface area contributed by atoms with Crippen molar-refractivity contribution >= 4 is 23.4 Å². The Morgan fingerprint density at radius 3 is 2.73 bits per heavy atom. The van der Waals surface area contributed by atoms with Gasteiger partial charge in [0.2, 0.25) is 0 Å². The van der Waals surface area contributed by atoms with Crippen molar-refractivity contribution in [1.29, 1.82) is 0 Å². The summed E-state index contributed by atoms with van der Waals surface area (Å²) in [4.78, 5) is 3.82. The quantitative estimate of drug-likeness (QED) is 0.815. The van der Waals surface area contributed by atoms with Crippen LogP contribution in [0, 0.1) is 0 Å². The van der Waals surface area contributed by atoms with E-state index < -0.39 is 11.7 Å². The second-order valence-corrected chi connectivity index (χ2v) is 6.34. The fraction of sp³-hybridized carbons (Fsp3) is 0.462. The molecule has 2 aromatic rings. The Labute approximate surface area is 134 Å². The van der Waals surface area contributed by atoms with Crippen molar-refractivity contribution < 1.29 is 13.2 Å². The summed E-state index contributed by atoms with van der Waals surface area (Å²) in [5, 5.41) is 9.12. The van der Waals surface area contributed by atoms with Crippen LogP contribution in [0.15, 0.2) is 22.4 Å². The molecule has 1 aliphatic rings. The summed E-state index contributed by atoms with van der Waals surface area (Å²) in [5.74, 6) is 0.906. The Hall–Kier alpha value is -1.28. The van der Waals surface area contributed by atoms with E-state index in [2.05, 4.69) is 15.2 Å². The summed E-state index contributed by atoms with van der Waals surface area (Å²) < 4.78 is 39.8. The number of hydrogen-bond donors (Lipinski definition) is 0. The first-order valence-electron chi connectivity index (χ1n) is 6.78. The molecule has 4 nitrogen and oxygen atoms in total. The third-order valence-electron chi connectivity index (χ3n) is 3.40. The zero-order chi connectivity index (χ0) is 15.7. The molecule has 0 bridgehead atoms. The average molecular weight is 349 g/mol. The normalized spacial score (nSPS) is 15.5. The lowest BCUT2D eigenvalue weighted by atomic mass is 10.2. The van der Waals surface area contributed by atoms with Gasteiger partial charge in [0.05, 0.1) is 10.6 Å². The second kappa shape index (κ2) is 6.08. The molecule has 0 N–H and O–H groups in total. The molecule has 0 aromatic carbocycles. The van der Waals surface area contributed by atoms with Gasteiger partial charge < -0.3 is 4.57 Å². The average Bonchev–Trinajstić information content (AvgIpc) is 2.68. The third-order valence-corrected chi connectivity index (χ3v) is 4.80. The first-order chi connectivity index (χ1) is 10.4. The molecule has 0 fully saturated rings. The second-order valence-electron chi connectivity index (χ2n) is 4.97.